The number of anilines is 1. The quantitative estimate of drug-likeness (QED) is 0.274. The molecule has 1 aromatic carbocycles. The van der Waals surface area contributed by atoms with Gasteiger partial charge in [0.15, 0.2) is 0 Å². The lowest BCUT2D eigenvalue weighted by molar-refractivity contribution is -0.193. The Morgan fingerprint density at radius 3 is 2.07 bits per heavy atom. The minimum atomic E-state index is -5.08. The minimum Gasteiger partial charge on any atom is -0.475 e. The molecule has 5 rings (SSSR count). The Hall–Kier alpha value is -4.77. The van der Waals surface area contributed by atoms with E-state index in [-0.39, 0.29) is 5.82 Å². The van der Waals surface area contributed by atoms with Gasteiger partial charge in [-0.05, 0) is 44.0 Å². The van der Waals surface area contributed by atoms with Crippen LogP contribution in [0.25, 0.3) is 22.3 Å². The third kappa shape index (κ3) is 8.86. The number of rotatable bonds is 3. The highest BCUT2D eigenvalue weighted by atomic mass is 19.4. The number of benzene rings is 1. The zero-order chi connectivity index (χ0) is 32.1. The molecular weight excluding hydrogens is 595 g/mol. The first kappa shape index (κ1) is 32.7. The summed E-state index contributed by atoms with van der Waals surface area (Å²) >= 11 is 0. The predicted molar refractivity (Wildman–Crippen MR) is 137 cm³/mol. The summed E-state index contributed by atoms with van der Waals surface area (Å²) in [5.41, 5.74) is 4.44. The van der Waals surface area contributed by atoms with Crippen molar-refractivity contribution in [1.82, 2.24) is 29.7 Å². The number of piperidine rings is 1. The van der Waals surface area contributed by atoms with Crippen LogP contribution in [0.2, 0.25) is 0 Å². The molecule has 0 aliphatic carbocycles. The Morgan fingerprint density at radius 2 is 1.56 bits per heavy atom. The van der Waals surface area contributed by atoms with E-state index in [9.17, 15) is 30.7 Å². The van der Waals surface area contributed by atoms with Crippen molar-refractivity contribution in [2.75, 3.05) is 18.0 Å². The maximum Gasteiger partial charge on any atom is 0.490 e. The van der Waals surface area contributed by atoms with Crippen molar-refractivity contribution < 1.29 is 50.5 Å². The van der Waals surface area contributed by atoms with E-state index in [0.717, 1.165) is 65.7 Å². The predicted octanol–water partition coefficient (Wildman–Crippen LogP) is 4.85. The van der Waals surface area contributed by atoms with Gasteiger partial charge in [-0.15, -0.1) is 0 Å². The lowest BCUT2D eigenvalue weighted by atomic mass is 9.96. The number of halogens is 7. The highest BCUT2D eigenvalue weighted by molar-refractivity contribution is 5.75. The van der Waals surface area contributed by atoms with E-state index in [1.165, 1.54) is 12.1 Å². The van der Waals surface area contributed by atoms with Gasteiger partial charge in [-0.1, -0.05) is 0 Å². The van der Waals surface area contributed by atoms with Gasteiger partial charge >= 0.3 is 24.3 Å². The van der Waals surface area contributed by atoms with Gasteiger partial charge in [0, 0.05) is 44.0 Å². The highest BCUT2D eigenvalue weighted by Crippen LogP contribution is 2.30. The first-order valence-corrected chi connectivity index (χ1v) is 12.3. The Labute approximate surface area is 238 Å². The van der Waals surface area contributed by atoms with E-state index >= 15 is 0 Å². The van der Waals surface area contributed by atoms with Crippen LogP contribution in [0.3, 0.4) is 0 Å². The number of aromatic nitrogens is 6. The fraction of sp³-hybridized carbons (Fsp3) is 0.360. The van der Waals surface area contributed by atoms with Crippen molar-refractivity contribution >= 4 is 28.9 Å². The highest BCUT2D eigenvalue weighted by Gasteiger charge is 2.38. The summed E-state index contributed by atoms with van der Waals surface area (Å²) in [6.45, 7) is 3.69. The van der Waals surface area contributed by atoms with E-state index in [1.54, 1.807) is 10.7 Å². The molecule has 4 heterocycles. The number of hydrogen-bond acceptors (Lipinski definition) is 7. The van der Waals surface area contributed by atoms with E-state index in [2.05, 4.69) is 25.0 Å². The van der Waals surface area contributed by atoms with E-state index < -0.39 is 24.3 Å². The third-order valence-corrected chi connectivity index (χ3v) is 6.04. The van der Waals surface area contributed by atoms with Gasteiger partial charge in [-0.2, -0.15) is 31.4 Å². The smallest absolute Gasteiger partial charge is 0.475 e. The zero-order valence-corrected chi connectivity index (χ0v) is 22.4. The summed E-state index contributed by atoms with van der Waals surface area (Å²) in [7, 11) is 1.91. The molecule has 43 heavy (non-hydrogen) atoms. The normalized spacial score (nSPS) is 14.0. The van der Waals surface area contributed by atoms with Gasteiger partial charge < -0.3 is 20.1 Å². The number of hydrogen-bond donors (Lipinski definition) is 3. The van der Waals surface area contributed by atoms with Crippen molar-refractivity contribution in [3.63, 3.8) is 0 Å². The lowest BCUT2D eigenvalue weighted by Crippen LogP contribution is -2.34. The number of imidazole rings is 1. The van der Waals surface area contributed by atoms with Gasteiger partial charge in [0.1, 0.15) is 11.6 Å². The maximum atomic E-state index is 13.4. The Balaban J connectivity index is 0.000000303. The molecule has 11 nitrogen and oxygen atoms in total. The summed E-state index contributed by atoms with van der Waals surface area (Å²) in [6, 6.07) is 6.60. The molecule has 0 spiro atoms. The molecule has 232 valence electrons. The van der Waals surface area contributed by atoms with Crippen molar-refractivity contribution in [1.29, 1.82) is 0 Å². The van der Waals surface area contributed by atoms with Crippen LogP contribution in [0.4, 0.5) is 36.7 Å². The van der Waals surface area contributed by atoms with Crippen LogP contribution in [0.15, 0.2) is 36.7 Å². The fourth-order valence-electron chi connectivity index (χ4n) is 4.05. The molecule has 0 saturated carbocycles. The van der Waals surface area contributed by atoms with Crippen LogP contribution in [0, 0.1) is 12.7 Å². The zero-order valence-electron chi connectivity index (χ0n) is 22.4. The number of carboxylic acids is 2. The number of nitrogens with zero attached hydrogens (tertiary/aromatic N) is 6. The molecule has 0 bridgehead atoms. The molecule has 18 heteroatoms. The summed E-state index contributed by atoms with van der Waals surface area (Å²) in [5, 5.41) is 18.7. The van der Waals surface area contributed by atoms with Crippen LogP contribution in [0.1, 0.15) is 30.3 Å². The number of carbonyl (C=O) groups is 2. The number of aromatic amines is 1. The largest absolute Gasteiger partial charge is 0.490 e. The topological polar surface area (TPSA) is 150 Å². The number of aliphatic carboxylic acids is 2. The van der Waals surface area contributed by atoms with E-state index in [4.69, 9.17) is 24.8 Å². The maximum absolute atomic E-state index is 13.4. The Bertz CT molecular complexity index is 1550. The first-order chi connectivity index (χ1) is 20.0. The van der Waals surface area contributed by atoms with Crippen LogP contribution >= 0.6 is 0 Å². The molecule has 1 aliphatic rings. The third-order valence-electron chi connectivity index (χ3n) is 6.04. The molecule has 3 N–H and O–H groups in total. The molecule has 3 aromatic heterocycles. The number of H-pyrrole nitrogens is 1. The number of alkyl halides is 6. The number of fused-ring (bicyclic) bond motifs is 1. The Kier molecular flexibility index (Phi) is 9.92. The molecule has 0 unspecified atom stereocenters. The van der Waals surface area contributed by atoms with Crippen molar-refractivity contribution in [2.45, 2.75) is 38.0 Å². The van der Waals surface area contributed by atoms with Crippen LogP contribution < -0.4 is 4.90 Å². The standard InChI is InChI=1S/C21H22FN7.2C2HF3O2/c1-13-16(12-28(2)27-13)17-5-8-23-21(26-17)29-9-6-14(7-10-29)20-24-18-4-3-15(22)11-19(18)25-20;2*3-2(4,5)1(6)7/h3-5,8,11-12,14H,6-7,9-10H2,1-2H3,(H,24,25);2*(H,6,7). The molecule has 1 fully saturated rings. The average Bonchev–Trinajstić information content (AvgIpc) is 3.50. The SMILES string of the molecule is Cc1nn(C)cc1-c1ccnc(N2CCC(c3nc4ccc(F)cc4[nH]3)CC2)n1.O=C(O)C(F)(F)F.O=C(O)C(F)(F)F. The van der Waals surface area contributed by atoms with E-state index in [1.807, 2.05) is 32.4 Å². The summed E-state index contributed by atoms with van der Waals surface area (Å²) in [4.78, 5) is 37.2. The van der Waals surface area contributed by atoms with Gasteiger partial charge in [0.2, 0.25) is 5.95 Å². The molecule has 4 aromatic rings. The van der Waals surface area contributed by atoms with Crippen molar-refractivity contribution in [3.8, 4) is 11.3 Å². The molecule has 0 amide bonds. The molecular formula is C25H24F7N7O4. The van der Waals surface area contributed by atoms with Crippen molar-refractivity contribution in [3.05, 3.63) is 54.0 Å². The second-order valence-electron chi connectivity index (χ2n) is 9.19. The molecule has 1 aliphatic heterocycles. The summed E-state index contributed by atoms with van der Waals surface area (Å²) in [6.07, 6.45) is -4.48. The van der Waals surface area contributed by atoms with Gasteiger partial charge in [-0.3, -0.25) is 4.68 Å². The monoisotopic (exact) mass is 619 g/mol. The minimum absolute atomic E-state index is 0.247. The first-order valence-electron chi connectivity index (χ1n) is 12.3. The molecule has 0 atom stereocenters. The summed E-state index contributed by atoms with van der Waals surface area (Å²) < 4.78 is 78.7. The van der Waals surface area contributed by atoms with Gasteiger partial charge in [0.25, 0.3) is 0 Å². The molecule has 1 saturated heterocycles. The lowest BCUT2D eigenvalue weighted by Gasteiger charge is -2.31. The van der Waals surface area contributed by atoms with Crippen LogP contribution in [0.5, 0.6) is 0 Å². The molecule has 0 radical (unpaired) electrons. The Morgan fingerprint density at radius 1 is 0.977 bits per heavy atom. The van der Waals surface area contributed by atoms with E-state index in [0.29, 0.717) is 5.92 Å². The van der Waals surface area contributed by atoms with Gasteiger partial charge in [0.05, 0.1) is 22.4 Å². The second-order valence-corrected chi connectivity index (χ2v) is 9.19. The number of carboxylic acid groups (broad SMARTS) is 2. The number of aryl methyl sites for hydroxylation is 2. The van der Waals surface area contributed by atoms with Crippen LogP contribution in [-0.4, -0.2) is 77.3 Å². The number of nitrogens with one attached hydrogen (secondary N) is 1. The average molecular weight is 619 g/mol. The summed E-state index contributed by atoms with van der Waals surface area (Å²) in [5.74, 6) is -3.75. The van der Waals surface area contributed by atoms with Gasteiger partial charge in [-0.25, -0.2) is 28.9 Å². The fourth-order valence-corrected chi connectivity index (χ4v) is 4.05. The van der Waals surface area contributed by atoms with Crippen molar-refractivity contribution in [2.24, 2.45) is 7.05 Å². The van der Waals surface area contributed by atoms with Crippen LogP contribution in [-0.2, 0) is 16.6 Å². The second kappa shape index (κ2) is 13.0.